The first kappa shape index (κ1) is 17.0. The molecule has 0 aromatic carbocycles. The number of carbonyl (C=O) groups excluding carboxylic acids is 1. The van der Waals surface area contributed by atoms with Crippen LogP contribution in [0.15, 0.2) is 21.6 Å². The molecule has 1 aliphatic rings. The summed E-state index contributed by atoms with van der Waals surface area (Å²) in [6, 6.07) is 2.53. The van der Waals surface area contributed by atoms with Gasteiger partial charge in [0.05, 0.1) is 6.10 Å². The number of hydrogen-bond donors (Lipinski definition) is 2. The average molecular weight is 372 g/mol. The molecule has 0 aliphatic carbocycles. The van der Waals surface area contributed by atoms with Crippen molar-refractivity contribution >= 4 is 32.4 Å². The molecule has 2 aromatic rings. The molecular formula is C13H16N4O5S2. The van der Waals surface area contributed by atoms with Gasteiger partial charge in [0.15, 0.2) is 5.76 Å². The highest BCUT2D eigenvalue weighted by Crippen LogP contribution is 2.18. The zero-order valence-corrected chi connectivity index (χ0v) is 14.4. The Morgan fingerprint density at radius 2 is 2.25 bits per heavy atom. The van der Waals surface area contributed by atoms with E-state index < -0.39 is 15.9 Å². The van der Waals surface area contributed by atoms with E-state index in [9.17, 15) is 13.2 Å². The predicted octanol–water partition coefficient (Wildman–Crippen LogP) is 1.15. The van der Waals surface area contributed by atoms with Crippen LogP contribution in [0.1, 0.15) is 28.4 Å². The number of furan rings is 1. The summed E-state index contributed by atoms with van der Waals surface area (Å²) < 4.78 is 37.3. The average Bonchev–Trinajstić information content (AvgIpc) is 3.27. The molecule has 1 aliphatic heterocycles. The van der Waals surface area contributed by atoms with Crippen molar-refractivity contribution in [2.24, 2.45) is 0 Å². The Kier molecular flexibility index (Phi) is 4.94. The summed E-state index contributed by atoms with van der Waals surface area (Å²) in [4.78, 5) is 12.0. The van der Waals surface area contributed by atoms with Crippen molar-refractivity contribution in [2.75, 3.05) is 18.5 Å². The van der Waals surface area contributed by atoms with E-state index in [4.69, 9.17) is 9.15 Å². The molecule has 0 unspecified atom stereocenters. The van der Waals surface area contributed by atoms with Crippen LogP contribution in [-0.4, -0.2) is 43.8 Å². The Morgan fingerprint density at radius 3 is 2.92 bits per heavy atom. The molecular weight excluding hydrogens is 356 g/mol. The van der Waals surface area contributed by atoms with E-state index in [-0.39, 0.29) is 23.5 Å². The van der Waals surface area contributed by atoms with Gasteiger partial charge < -0.3 is 9.15 Å². The summed E-state index contributed by atoms with van der Waals surface area (Å²) in [5, 5.41) is 10.7. The number of hydrogen-bond acceptors (Lipinski definition) is 8. The number of anilines is 1. The van der Waals surface area contributed by atoms with Gasteiger partial charge in [0, 0.05) is 13.2 Å². The monoisotopic (exact) mass is 372 g/mol. The van der Waals surface area contributed by atoms with Gasteiger partial charge in [0.1, 0.15) is 5.01 Å². The van der Waals surface area contributed by atoms with E-state index in [0.717, 1.165) is 12.8 Å². The van der Waals surface area contributed by atoms with Gasteiger partial charge in [0.2, 0.25) is 10.2 Å². The van der Waals surface area contributed by atoms with Crippen molar-refractivity contribution in [3.63, 3.8) is 0 Å². The lowest BCUT2D eigenvalue weighted by atomic mass is 10.2. The van der Waals surface area contributed by atoms with Crippen LogP contribution in [0.4, 0.5) is 5.13 Å². The van der Waals surface area contributed by atoms with Gasteiger partial charge in [-0.2, -0.15) is 0 Å². The number of rotatable bonds is 6. The van der Waals surface area contributed by atoms with E-state index in [0.29, 0.717) is 16.7 Å². The molecule has 0 saturated carbocycles. The normalized spacial score (nSPS) is 18.0. The van der Waals surface area contributed by atoms with Crippen LogP contribution in [0.5, 0.6) is 0 Å². The summed E-state index contributed by atoms with van der Waals surface area (Å²) >= 11 is 1.20. The minimum absolute atomic E-state index is 0.125. The molecule has 0 bridgehead atoms. The third-order valence-electron chi connectivity index (χ3n) is 3.34. The fourth-order valence-corrected chi connectivity index (χ4v) is 3.75. The number of ether oxygens (including phenoxy) is 1. The summed E-state index contributed by atoms with van der Waals surface area (Å²) in [7, 11) is -3.83. The van der Waals surface area contributed by atoms with Crippen molar-refractivity contribution in [1.29, 1.82) is 0 Å². The molecule has 0 radical (unpaired) electrons. The Morgan fingerprint density at radius 1 is 1.42 bits per heavy atom. The fraction of sp³-hybridized carbons (Fsp3) is 0.462. The lowest BCUT2D eigenvalue weighted by molar-refractivity contribution is 0.0991. The number of aromatic nitrogens is 2. The molecule has 130 valence electrons. The summed E-state index contributed by atoms with van der Waals surface area (Å²) in [6.07, 6.45) is 1.61. The van der Waals surface area contributed by atoms with Gasteiger partial charge in [-0.05, 0) is 31.9 Å². The van der Waals surface area contributed by atoms with Crippen molar-refractivity contribution in [3.05, 3.63) is 22.9 Å². The smallest absolute Gasteiger partial charge is 0.293 e. The van der Waals surface area contributed by atoms with Crippen LogP contribution in [0, 0.1) is 6.92 Å². The van der Waals surface area contributed by atoms with Crippen LogP contribution in [-0.2, 0) is 14.8 Å². The highest BCUT2D eigenvalue weighted by atomic mass is 32.2. The third kappa shape index (κ3) is 3.98. The van der Waals surface area contributed by atoms with Gasteiger partial charge in [-0.25, -0.2) is 13.1 Å². The Balaban J connectivity index is 1.64. The number of carbonyl (C=O) groups is 1. The van der Waals surface area contributed by atoms with E-state index in [1.807, 2.05) is 0 Å². The van der Waals surface area contributed by atoms with Gasteiger partial charge in [-0.1, -0.05) is 11.3 Å². The minimum atomic E-state index is -3.83. The standard InChI is InChI=1S/C13H16N4O5S2/c1-8-16-17-13(23-8)15-12(18)10-4-5-11(22-10)24(19,20)14-7-9-3-2-6-21-9/h4-5,9,14H,2-3,6-7H2,1H3,(H,15,17,18)/t9-/m0/s1. The lowest BCUT2D eigenvalue weighted by Crippen LogP contribution is -2.31. The SMILES string of the molecule is Cc1nnc(NC(=O)c2ccc(S(=O)(=O)NC[C@@H]3CCCO3)o2)s1. The molecule has 2 aromatic heterocycles. The largest absolute Gasteiger partial charge is 0.438 e. The third-order valence-corrected chi connectivity index (χ3v) is 5.39. The molecule has 1 fully saturated rings. The second-order valence-electron chi connectivity index (χ2n) is 5.19. The van der Waals surface area contributed by atoms with E-state index in [1.54, 1.807) is 6.92 Å². The molecule has 24 heavy (non-hydrogen) atoms. The maximum atomic E-state index is 12.2. The fourth-order valence-electron chi connectivity index (χ4n) is 2.17. The maximum Gasteiger partial charge on any atom is 0.293 e. The Labute approximate surface area is 142 Å². The quantitative estimate of drug-likeness (QED) is 0.779. The van der Waals surface area contributed by atoms with Gasteiger partial charge in [-0.3, -0.25) is 10.1 Å². The summed E-state index contributed by atoms with van der Waals surface area (Å²) in [5.41, 5.74) is 0. The molecule has 1 saturated heterocycles. The van der Waals surface area contributed by atoms with Crippen molar-refractivity contribution in [2.45, 2.75) is 31.0 Å². The first-order valence-electron chi connectivity index (χ1n) is 7.26. The zero-order chi connectivity index (χ0) is 17.2. The molecule has 3 heterocycles. The first-order chi connectivity index (χ1) is 11.4. The molecule has 3 rings (SSSR count). The maximum absolute atomic E-state index is 12.2. The Hall–Kier alpha value is -1.82. The molecule has 0 spiro atoms. The van der Waals surface area contributed by atoms with Crippen LogP contribution in [0.25, 0.3) is 0 Å². The van der Waals surface area contributed by atoms with Crippen LogP contribution in [0.3, 0.4) is 0 Å². The molecule has 2 N–H and O–H groups in total. The van der Waals surface area contributed by atoms with Crippen LogP contribution < -0.4 is 10.0 Å². The second kappa shape index (κ2) is 6.97. The number of nitrogens with zero attached hydrogens (tertiary/aromatic N) is 2. The van der Waals surface area contributed by atoms with Gasteiger partial charge >= 0.3 is 0 Å². The molecule has 11 heteroatoms. The predicted molar refractivity (Wildman–Crippen MR) is 85.5 cm³/mol. The van der Waals surface area contributed by atoms with Crippen molar-refractivity contribution < 1.29 is 22.4 Å². The summed E-state index contributed by atoms with van der Waals surface area (Å²) in [5.74, 6) is -0.716. The van der Waals surface area contributed by atoms with E-state index >= 15 is 0 Å². The zero-order valence-electron chi connectivity index (χ0n) is 12.8. The van der Waals surface area contributed by atoms with E-state index in [2.05, 4.69) is 20.2 Å². The number of amides is 1. The van der Waals surface area contributed by atoms with E-state index in [1.165, 1.54) is 23.5 Å². The number of nitrogens with one attached hydrogen (secondary N) is 2. The molecule has 9 nitrogen and oxygen atoms in total. The highest BCUT2D eigenvalue weighted by Gasteiger charge is 2.24. The summed E-state index contributed by atoms with van der Waals surface area (Å²) in [6.45, 7) is 2.57. The van der Waals surface area contributed by atoms with Gasteiger partial charge in [0.25, 0.3) is 15.9 Å². The number of aryl methyl sites for hydroxylation is 1. The molecule has 1 amide bonds. The lowest BCUT2D eigenvalue weighted by Gasteiger charge is -2.09. The van der Waals surface area contributed by atoms with Gasteiger partial charge in [-0.15, -0.1) is 10.2 Å². The van der Waals surface area contributed by atoms with Crippen molar-refractivity contribution in [1.82, 2.24) is 14.9 Å². The first-order valence-corrected chi connectivity index (χ1v) is 9.56. The minimum Gasteiger partial charge on any atom is -0.438 e. The number of sulfonamides is 1. The highest BCUT2D eigenvalue weighted by molar-refractivity contribution is 7.89. The Bertz CT molecular complexity index is 823. The molecule has 1 atom stereocenters. The van der Waals surface area contributed by atoms with Crippen LogP contribution >= 0.6 is 11.3 Å². The van der Waals surface area contributed by atoms with Crippen LogP contribution in [0.2, 0.25) is 0 Å². The topological polar surface area (TPSA) is 123 Å². The van der Waals surface area contributed by atoms with Crippen molar-refractivity contribution in [3.8, 4) is 0 Å². The second-order valence-corrected chi connectivity index (χ2v) is 8.07.